The van der Waals surface area contributed by atoms with E-state index in [4.69, 9.17) is 0 Å². The van der Waals surface area contributed by atoms with Crippen molar-refractivity contribution >= 4 is 40.8 Å². The minimum Gasteiger partial charge on any atom is -0.361 e. The van der Waals surface area contributed by atoms with Crippen LogP contribution in [0.5, 0.6) is 0 Å². The molecule has 3 aromatic rings. The largest absolute Gasteiger partial charge is 0.361 e. The minimum absolute atomic E-state index is 0. The molecule has 7 heteroatoms. The molecule has 0 aliphatic rings. The van der Waals surface area contributed by atoms with E-state index in [1.807, 2.05) is 36.8 Å². The highest BCUT2D eigenvalue weighted by atomic mass is 127. The molecule has 25 heavy (non-hydrogen) atoms. The van der Waals surface area contributed by atoms with Crippen LogP contribution in [0, 0.1) is 5.82 Å². The Morgan fingerprint density at radius 1 is 1.20 bits per heavy atom. The van der Waals surface area contributed by atoms with Crippen LogP contribution >= 0.6 is 24.0 Å². The van der Waals surface area contributed by atoms with Crippen LogP contribution in [0.2, 0.25) is 0 Å². The molecule has 0 radical (unpaired) electrons. The van der Waals surface area contributed by atoms with Gasteiger partial charge in [-0.3, -0.25) is 4.99 Å². The number of aromatic nitrogens is 2. The second kappa shape index (κ2) is 9.45. The van der Waals surface area contributed by atoms with Crippen LogP contribution in [0.1, 0.15) is 5.56 Å². The lowest BCUT2D eigenvalue weighted by Gasteiger charge is -2.12. The first-order valence-electron chi connectivity index (χ1n) is 8.07. The van der Waals surface area contributed by atoms with Crippen molar-refractivity contribution in [3.8, 4) is 0 Å². The first kappa shape index (κ1) is 19.3. The van der Waals surface area contributed by atoms with Crippen molar-refractivity contribution in [3.63, 3.8) is 0 Å². The number of benzene rings is 1. The number of rotatable bonds is 6. The van der Waals surface area contributed by atoms with Crippen LogP contribution < -0.4 is 10.6 Å². The van der Waals surface area contributed by atoms with Crippen LogP contribution in [0.4, 0.5) is 4.39 Å². The monoisotopic (exact) mass is 455 g/mol. The number of nitrogens with one attached hydrogen (secondary N) is 3. The fourth-order valence-electron chi connectivity index (χ4n) is 2.72. The predicted molar refractivity (Wildman–Crippen MR) is 111 cm³/mol. The quantitative estimate of drug-likeness (QED) is 0.304. The summed E-state index contributed by atoms with van der Waals surface area (Å²) < 4.78 is 15.3. The molecule has 0 fully saturated rings. The highest BCUT2D eigenvalue weighted by Crippen LogP contribution is 2.19. The molecule has 0 aliphatic heterocycles. The number of halogens is 2. The van der Waals surface area contributed by atoms with Crippen LogP contribution in [-0.2, 0) is 13.0 Å². The van der Waals surface area contributed by atoms with Gasteiger partial charge in [0, 0.05) is 56.2 Å². The summed E-state index contributed by atoms with van der Waals surface area (Å²) in [6.45, 7) is 2.45. The number of hydrogen-bond donors (Lipinski definition) is 3. The number of nitrogens with zero attached hydrogens (tertiary/aromatic N) is 2. The molecule has 0 spiro atoms. The average Bonchev–Trinajstić information content (AvgIpc) is 3.23. The van der Waals surface area contributed by atoms with Gasteiger partial charge < -0.3 is 20.2 Å². The molecule has 2 aromatic heterocycles. The third kappa shape index (κ3) is 5.22. The molecule has 1 aromatic carbocycles. The normalized spacial score (nSPS) is 11.4. The van der Waals surface area contributed by atoms with Gasteiger partial charge in [-0.25, -0.2) is 4.39 Å². The maximum Gasteiger partial charge on any atom is 0.191 e. The van der Waals surface area contributed by atoms with E-state index in [0.717, 1.165) is 42.9 Å². The van der Waals surface area contributed by atoms with Crippen LogP contribution in [0.25, 0.3) is 10.9 Å². The van der Waals surface area contributed by atoms with Gasteiger partial charge >= 0.3 is 0 Å². The van der Waals surface area contributed by atoms with Gasteiger partial charge in [0.1, 0.15) is 5.82 Å². The molecular formula is C18H23FIN5. The van der Waals surface area contributed by atoms with Gasteiger partial charge in [-0.15, -0.1) is 24.0 Å². The van der Waals surface area contributed by atoms with E-state index in [2.05, 4.69) is 25.2 Å². The first-order valence-corrected chi connectivity index (χ1v) is 8.07. The summed E-state index contributed by atoms with van der Waals surface area (Å²) in [7, 11) is 1.76. The van der Waals surface area contributed by atoms with Crippen molar-refractivity contribution in [1.29, 1.82) is 0 Å². The molecule has 3 rings (SSSR count). The Labute approximate surface area is 163 Å². The SMILES string of the molecule is CN=C(NCCc1c[nH]c2cc(F)ccc12)NCCn1cccc1.I. The molecular weight excluding hydrogens is 432 g/mol. The van der Waals surface area contributed by atoms with Gasteiger partial charge in [0.2, 0.25) is 0 Å². The van der Waals surface area contributed by atoms with Crippen LogP contribution in [0.15, 0.2) is 53.9 Å². The molecule has 0 aliphatic carbocycles. The summed E-state index contributed by atoms with van der Waals surface area (Å²) in [5, 5.41) is 7.66. The van der Waals surface area contributed by atoms with E-state index in [-0.39, 0.29) is 29.8 Å². The number of hydrogen-bond acceptors (Lipinski definition) is 1. The molecule has 0 saturated heterocycles. The predicted octanol–water partition coefficient (Wildman–Crippen LogP) is 3.13. The lowest BCUT2D eigenvalue weighted by Crippen LogP contribution is -2.39. The molecule has 0 bridgehead atoms. The van der Waals surface area contributed by atoms with Gasteiger partial charge in [-0.05, 0) is 42.3 Å². The summed E-state index contributed by atoms with van der Waals surface area (Å²) in [5.41, 5.74) is 2.00. The molecule has 0 saturated carbocycles. The van der Waals surface area contributed by atoms with Gasteiger partial charge in [-0.1, -0.05) is 0 Å². The van der Waals surface area contributed by atoms with E-state index in [1.54, 1.807) is 7.05 Å². The molecule has 5 nitrogen and oxygen atoms in total. The third-order valence-electron chi connectivity index (χ3n) is 3.97. The lowest BCUT2D eigenvalue weighted by molar-refractivity contribution is 0.629. The van der Waals surface area contributed by atoms with Crippen molar-refractivity contribution in [2.75, 3.05) is 20.1 Å². The Kier molecular flexibility index (Phi) is 7.30. The average molecular weight is 455 g/mol. The highest BCUT2D eigenvalue weighted by molar-refractivity contribution is 14.0. The minimum atomic E-state index is -0.221. The Morgan fingerprint density at radius 3 is 2.72 bits per heavy atom. The summed E-state index contributed by atoms with van der Waals surface area (Å²) in [5.74, 6) is 0.564. The highest BCUT2D eigenvalue weighted by Gasteiger charge is 2.05. The van der Waals surface area contributed by atoms with Gasteiger partial charge in [0.25, 0.3) is 0 Å². The second-order valence-electron chi connectivity index (χ2n) is 5.60. The Morgan fingerprint density at radius 2 is 1.96 bits per heavy atom. The fraction of sp³-hybridized carbons (Fsp3) is 0.278. The zero-order chi connectivity index (χ0) is 16.8. The summed E-state index contributed by atoms with van der Waals surface area (Å²) in [6, 6.07) is 8.86. The zero-order valence-corrected chi connectivity index (χ0v) is 16.5. The Bertz CT molecular complexity index is 810. The number of aromatic amines is 1. The third-order valence-corrected chi connectivity index (χ3v) is 3.97. The topological polar surface area (TPSA) is 57.1 Å². The molecule has 0 unspecified atom stereocenters. The smallest absolute Gasteiger partial charge is 0.191 e. The van der Waals surface area contributed by atoms with Crippen LogP contribution in [-0.4, -0.2) is 35.6 Å². The number of aliphatic imine (C=N–C) groups is 1. The summed E-state index contributed by atoms with van der Waals surface area (Å²) in [4.78, 5) is 7.34. The van der Waals surface area contributed by atoms with E-state index >= 15 is 0 Å². The molecule has 0 atom stereocenters. The molecule has 2 heterocycles. The van der Waals surface area contributed by atoms with E-state index in [9.17, 15) is 4.39 Å². The van der Waals surface area contributed by atoms with E-state index < -0.39 is 0 Å². The number of fused-ring (bicyclic) bond motifs is 1. The number of H-pyrrole nitrogens is 1. The fourth-order valence-corrected chi connectivity index (χ4v) is 2.72. The van der Waals surface area contributed by atoms with Crippen LogP contribution in [0.3, 0.4) is 0 Å². The summed E-state index contributed by atoms with van der Waals surface area (Å²) >= 11 is 0. The molecule has 0 amide bonds. The van der Waals surface area contributed by atoms with Crippen molar-refractivity contribution in [2.45, 2.75) is 13.0 Å². The Balaban J connectivity index is 0.00000225. The molecule has 134 valence electrons. The number of guanidine groups is 1. The first-order chi connectivity index (χ1) is 11.8. The van der Waals surface area contributed by atoms with E-state index in [1.165, 1.54) is 17.7 Å². The Hall–Kier alpha value is -2.03. The van der Waals surface area contributed by atoms with Crippen molar-refractivity contribution in [1.82, 2.24) is 20.2 Å². The maximum atomic E-state index is 13.2. The maximum absolute atomic E-state index is 13.2. The van der Waals surface area contributed by atoms with Crippen molar-refractivity contribution in [2.24, 2.45) is 4.99 Å². The van der Waals surface area contributed by atoms with Crippen molar-refractivity contribution < 1.29 is 4.39 Å². The molecule has 3 N–H and O–H groups in total. The van der Waals surface area contributed by atoms with E-state index in [0.29, 0.717) is 0 Å². The zero-order valence-electron chi connectivity index (χ0n) is 14.1. The van der Waals surface area contributed by atoms with Gasteiger partial charge in [0.05, 0.1) is 0 Å². The lowest BCUT2D eigenvalue weighted by atomic mass is 10.1. The standard InChI is InChI=1S/C18H22FN5.HI/c1-20-18(22-8-11-24-9-2-3-10-24)21-7-6-14-13-23-17-12-15(19)4-5-16(14)17;/h2-5,9-10,12-13,23H,6-8,11H2,1H3,(H2,20,21,22);1H. The second-order valence-corrected chi connectivity index (χ2v) is 5.60. The van der Waals surface area contributed by atoms with Crippen molar-refractivity contribution in [3.05, 3.63) is 60.3 Å². The summed E-state index contributed by atoms with van der Waals surface area (Å²) in [6.07, 6.45) is 6.85. The van der Waals surface area contributed by atoms with Gasteiger partial charge in [-0.2, -0.15) is 0 Å². The van der Waals surface area contributed by atoms with Gasteiger partial charge in [0.15, 0.2) is 5.96 Å².